The van der Waals surface area contributed by atoms with E-state index in [2.05, 4.69) is 20.8 Å². The van der Waals surface area contributed by atoms with Crippen molar-refractivity contribution in [3.05, 3.63) is 35.7 Å². The second-order valence-corrected chi connectivity index (χ2v) is 6.04. The van der Waals surface area contributed by atoms with Crippen LogP contribution in [0.4, 0.5) is 18.9 Å². The maximum Gasteiger partial charge on any atom is 0.416 e. The second kappa shape index (κ2) is 5.98. The van der Waals surface area contributed by atoms with Gasteiger partial charge >= 0.3 is 6.18 Å². The predicted octanol–water partition coefficient (Wildman–Crippen LogP) is 2.63. The van der Waals surface area contributed by atoms with Gasteiger partial charge in [-0.3, -0.25) is 4.79 Å². The van der Waals surface area contributed by atoms with Crippen LogP contribution in [0.3, 0.4) is 0 Å². The molecule has 2 aromatic rings. The van der Waals surface area contributed by atoms with E-state index in [0.717, 1.165) is 12.1 Å². The zero-order chi connectivity index (χ0) is 17.3. The van der Waals surface area contributed by atoms with E-state index in [0.29, 0.717) is 5.82 Å². The molecule has 1 heterocycles. The highest BCUT2D eigenvalue weighted by atomic mass is 19.4. The van der Waals surface area contributed by atoms with Gasteiger partial charge in [0.25, 0.3) is 0 Å². The number of benzene rings is 1. The molecule has 6 nitrogen and oxygen atoms in total. The minimum atomic E-state index is -4.46. The highest BCUT2D eigenvalue weighted by molar-refractivity contribution is 5.90. The lowest BCUT2D eigenvalue weighted by Crippen LogP contribution is -2.25. The number of carbonyl (C=O) groups is 1. The summed E-state index contributed by atoms with van der Waals surface area (Å²) < 4.78 is 39.3. The Morgan fingerprint density at radius 2 is 1.96 bits per heavy atom. The number of anilines is 1. The van der Waals surface area contributed by atoms with Crippen LogP contribution in [0.1, 0.15) is 32.2 Å². The summed E-state index contributed by atoms with van der Waals surface area (Å²) in [5.41, 5.74) is -1.12. The molecule has 0 saturated heterocycles. The molecule has 0 bridgehead atoms. The third-order valence-electron chi connectivity index (χ3n) is 2.97. The molecule has 0 spiro atoms. The Balaban J connectivity index is 2.11. The number of rotatable bonds is 3. The van der Waals surface area contributed by atoms with E-state index in [1.165, 1.54) is 16.8 Å². The molecule has 1 N–H and O–H groups in total. The number of hydrogen-bond donors (Lipinski definition) is 1. The maximum absolute atomic E-state index is 12.7. The third kappa shape index (κ3) is 4.27. The van der Waals surface area contributed by atoms with Crippen LogP contribution >= 0.6 is 0 Å². The van der Waals surface area contributed by atoms with Gasteiger partial charge in [0.1, 0.15) is 6.54 Å². The Morgan fingerprint density at radius 3 is 2.57 bits per heavy atom. The van der Waals surface area contributed by atoms with Gasteiger partial charge in [-0.15, -0.1) is 5.10 Å². The van der Waals surface area contributed by atoms with Gasteiger partial charge in [-0.25, -0.2) is 4.68 Å². The molecule has 0 unspecified atom stereocenters. The van der Waals surface area contributed by atoms with Gasteiger partial charge in [0.2, 0.25) is 5.91 Å². The second-order valence-electron chi connectivity index (χ2n) is 6.04. The molecular formula is C14H16F3N5O. The number of nitrogens with one attached hydrogen (secondary N) is 1. The largest absolute Gasteiger partial charge is 0.416 e. The van der Waals surface area contributed by atoms with Crippen LogP contribution in [-0.2, 0) is 22.9 Å². The normalized spacial score (nSPS) is 12.3. The highest BCUT2D eigenvalue weighted by Gasteiger charge is 2.30. The summed E-state index contributed by atoms with van der Waals surface area (Å²) in [4.78, 5) is 12.0. The molecule has 1 aromatic carbocycles. The minimum absolute atomic E-state index is 0.0650. The fraction of sp³-hybridized carbons (Fsp3) is 0.429. The lowest BCUT2D eigenvalue weighted by atomic mass is 9.96. The lowest BCUT2D eigenvalue weighted by molar-refractivity contribution is -0.137. The Morgan fingerprint density at radius 1 is 1.26 bits per heavy atom. The molecule has 0 atom stereocenters. The van der Waals surface area contributed by atoms with Gasteiger partial charge in [-0.05, 0) is 28.6 Å². The average Bonchev–Trinajstić information content (AvgIpc) is 2.86. The third-order valence-corrected chi connectivity index (χ3v) is 2.97. The van der Waals surface area contributed by atoms with E-state index in [4.69, 9.17) is 0 Å². The zero-order valence-corrected chi connectivity index (χ0v) is 12.8. The van der Waals surface area contributed by atoms with Crippen LogP contribution < -0.4 is 5.32 Å². The molecule has 0 aliphatic carbocycles. The van der Waals surface area contributed by atoms with Gasteiger partial charge in [-0.2, -0.15) is 13.2 Å². The maximum atomic E-state index is 12.7. The van der Waals surface area contributed by atoms with Gasteiger partial charge in [0, 0.05) is 11.1 Å². The topological polar surface area (TPSA) is 72.7 Å². The van der Waals surface area contributed by atoms with Crippen molar-refractivity contribution >= 4 is 11.6 Å². The van der Waals surface area contributed by atoms with Gasteiger partial charge in [-0.1, -0.05) is 26.8 Å². The molecule has 1 amide bonds. The number of aromatic nitrogens is 4. The van der Waals surface area contributed by atoms with Crippen molar-refractivity contribution in [2.45, 2.75) is 38.9 Å². The summed E-state index contributed by atoms with van der Waals surface area (Å²) in [5.74, 6) is -0.00110. The first-order chi connectivity index (χ1) is 10.6. The van der Waals surface area contributed by atoms with Crippen molar-refractivity contribution in [2.24, 2.45) is 0 Å². The van der Waals surface area contributed by atoms with Crippen LogP contribution in [0.5, 0.6) is 0 Å². The Labute approximate surface area is 130 Å². The van der Waals surface area contributed by atoms with Gasteiger partial charge < -0.3 is 5.32 Å². The molecule has 1 aromatic heterocycles. The summed E-state index contributed by atoms with van der Waals surface area (Å²) in [6.45, 7) is 5.48. The van der Waals surface area contributed by atoms with Crippen molar-refractivity contribution < 1.29 is 18.0 Å². The van der Waals surface area contributed by atoms with Crippen molar-refractivity contribution in [3.8, 4) is 0 Å². The van der Waals surface area contributed by atoms with Crippen LogP contribution in [0, 0.1) is 0 Å². The van der Waals surface area contributed by atoms with Crippen LogP contribution in [0.2, 0.25) is 0 Å². The zero-order valence-electron chi connectivity index (χ0n) is 12.8. The van der Waals surface area contributed by atoms with Crippen LogP contribution in [-0.4, -0.2) is 26.1 Å². The molecule has 23 heavy (non-hydrogen) atoms. The molecule has 0 radical (unpaired) electrons. The van der Waals surface area contributed by atoms with Crippen LogP contribution in [0.25, 0.3) is 0 Å². The fourth-order valence-corrected chi connectivity index (χ4v) is 1.96. The number of alkyl halides is 3. The number of tetrazole rings is 1. The first-order valence-electron chi connectivity index (χ1n) is 6.81. The predicted molar refractivity (Wildman–Crippen MR) is 76.6 cm³/mol. The van der Waals surface area contributed by atoms with Crippen molar-refractivity contribution in [2.75, 3.05) is 5.32 Å². The molecule has 0 fully saturated rings. The summed E-state index contributed by atoms with van der Waals surface area (Å²) in [6, 6.07) is 4.43. The van der Waals surface area contributed by atoms with E-state index in [-0.39, 0.29) is 17.6 Å². The Hall–Kier alpha value is -2.45. The smallest absolute Gasteiger partial charge is 0.324 e. The molecule has 9 heteroatoms. The van der Waals surface area contributed by atoms with E-state index < -0.39 is 17.6 Å². The SMILES string of the molecule is CC(C)(C)c1nnnn1CC(=O)Nc1cccc(C(F)(F)F)c1. The van der Waals surface area contributed by atoms with E-state index >= 15 is 0 Å². The Kier molecular flexibility index (Phi) is 4.39. The van der Waals surface area contributed by atoms with Crippen molar-refractivity contribution in [1.29, 1.82) is 0 Å². The number of nitrogens with zero attached hydrogens (tertiary/aromatic N) is 4. The number of amides is 1. The summed E-state index contributed by atoms with van der Waals surface area (Å²) in [7, 11) is 0. The number of halogens is 3. The van der Waals surface area contributed by atoms with E-state index in [1.807, 2.05) is 20.8 Å². The average molecular weight is 327 g/mol. The van der Waals surface area contributed by atoms with Gasteiger partial charge in [0.15, 0.2) is 5.82 Å². The standard InChI is InChI=1S/C14H16F3N5O/c1-13(2,3)12-19-20-21-22(12)8-11(23)18-10-6-4-5-9(7-10)14(15,16)17/h4-7H,8H2,1-3H3,(H,18,23). The van der Waals surface area contributed by atoms with Crippen LogP contribution in [0.15, 0.2) is 24.3 Å². The van der Waals surface area contributed by atoms with Gasteiger partial charge in [0.05, 0.1) is 5.56 Å². The molecule has 0 aliphatic rings. The molecular weight excluding hydrogens is 311 g/mol. The first kappa shape index (κ1) is 16.9. The monoisotopic (exact) mass is 327 g/mol. The van der Waals surface area contributed by atoms with E-state index in [1.54, 1.807) is 0 Å². The minimum Gasteiger partial charge on any atom is -0.324 e. The molecule has 2 rings (SSSR count). The lowest BCUT2D eigenvalue weighted by Gasteiger charge is -2.17. The summed E-state index contributed by atoms with van der Waals surface area (Å²) in [6.07, 6.45) is -4.46. The quantitative estimate of drug-likeness (QED) is 0.940. The number of hydrogen-bond acceptors (Lipinski definition) is 4. The Bertz CT molecular complexity index is 703. The number of carbonyl (C=O) groups excluding carboxylic acids is 1. The van der Waals surface area contributed by atoms with E-state index in [9.17, 15) is 18.0 Å². The highest BCUT2D eigenvalue weighted by Crippen LogP contribution is 2.30. The summed E-state index contributed by atoms with van der Waals surface area (Å²) in [5, 5.41) is 13.5. The molecule has 0 saturated carbocycles. The molecule has 0 aliphatic heterocycles. The van der Waals surface area contributed by atoms with Crippen molar-refractivity contribution in [3.63, 3.8) is 0 Å². The molecule has 124 valence electrons. The first-order valence-corrected chi connectivity index (χ1v) is 6.81. The fourth-order valence-electron chi connectivity index (χ4n) is 1.96. The summed E-state index contributed by atoms with van der Waals surface area (Å²) >= 11 is 0. The van der Waals surface area contributed by atoms with Crippen molar-refractivity contribution in [1.82, 2.24) is 20.2 Å².